The molecule has 3 aromatic carbocycles. The topological polar surface area (TPSA) is 132 Å². The molecule has 0 spiro atoms. The number of halogens is 1. The van der Waals surface area contributed by atoms with Gasteiger partial charge in [0.25, 0.3) is 11.8 Å². The summed E-state index contributed by atoms with van der Waals surface area (Å²) < 4.78 is 20.2. The number of amides is 3. The third-order valence-electron chi connectivity index (χ3n) is 9.39. The quantitative estimate of drug-likeness (QED) is 0.167. The molecule has 5 atom stereocenters. The Balaban J connectivity index is 1.23. The normalized spacial score (nSPS) is 20.1. The molecule has 3 amide bonds. The lowest BCUT2D eigenvalue weighted by Crippen LogP contribution is -2.54. The lowest BCUT2D eigenvalue weighted by atomic mass is 9.94. The number of rotatable bonds is 12. The van der Waals surface area contributed by atoms with E-state index in [0.29, 0.717) is 13.2 Å². The molecular formula is C38H41FN4O6S. The molecule has 5 unspecified atom stereocenters. The van der Waals surface area contributed by atoms with Crippen LogP contribution < -0.4 is 5.32 Å². The number of benzene rings is 3. The zero-order valence-electron chi connectivity index (χ0n) is 27.8. The Bertz CT molecular complexity index is 1790. The number of aryl methyl sites for hydroxylation is 1. The highest BCUT2D eigenvalue weighted by molar-refractivity contribution is 7.09. The van der Waals surface area contributed by atoms with E-state index in [1.807, 2.05) is 73.0 Å². The summed E-state index contributed by atoms with van der Waals surface area (Å²) in [7, 11) is 0. The van der Waals surface area contributed by atoms with Crippen molar-refractivity contribution in [3.05, 3.63) is 123 Å². The van der Waals surface area contributed by atoms with Crippen LogP contribution in [-0.2, 0) is 24.4 Å². The van der Waals surface area contributed by atoms with E-state index in [0.717, 1.165) is 34.7 Å². The maximum atomic E-state index is 14.2. The van der Waals surface area contributed by atoms with E-state index >= 15 is 0 Å². The first kappa shape index (κ1) is 35.2. The molecule has 262 valence electrons. The Morgan fingerprint density at radius 1 is 1.00 bits per heavy atom. The molecule has 50 heavy (non-hydrogen) atoms. The minimum Gasteiger partial charge on any atom is -0.465 e. The number of ether oxygens (including phenoxy) is 1. The number of alkyl halides is 1. The van der Waals surface area contributed by atoms with Crippen LogP contribution in [0.2, 0.25) is 0 Å². The third-order valence-corrected chi connectivity index (χ3v) is 10.5. The van der Waals surface area contributed by atoms with Crippen LogP contribution in [0.15, 0.2) is 84.2 Å². The third kappa shape index (κ3) is 8.20. The van der Waals surface area contributed by atoms with Crippen LogP contribution in [0.5, 0.6) is 0 Å². The number of hydrogen-bond acceptors (Lipinski definition) is 7. The van der Waals surface area contributed by atoms with Crippen LogP contribution in [0.3, 0.4) is 0 Å². The van der Waals surface area contributed by atoms with E-state index in [1.54, 1.807) is 4.90 Å². The number of nitrogens with zero attached hydrogens (tertiary/aromatic N) is 3. The number of likely N-dealkylation sites (tertiary alicyclic amines) is 2. The van der Waals surface area contributed by atoms with Gasteiger partial charge in [0.05, 0.1) is 43.5 Å². The van der Waals surface area contributed by atoms with Crippen LogP contribution >= 0.6 is 11.3 Å². The standard InChI is InChI=1S/C38H41FN4O6S/c1-24-23-50-36(40-24)32-13-8-14-42(32)37(46)29-16-27(20-39)15-28(18-29)35(45)41-31(17-25-9-4-2-5-10-25)34(44)33-19-30(21-43(33)38(47)48)49-22-26-11-6-3-7-12-26/h2-7,9-12,15-16,18,23,30-34,44H,8,13-14,17,19-22H2,1H3,(H,41,45)(H,47,48). The molecule has 0 radical (unpaired) electrons. The predicted octanol–water partition coefficient (Wildman–Crippen LogP) is 5.94. The van der Waals surface area contributed by atoms with Crippen molar-refractivity contribution < 1.29 is 33.7 Å². The minimum atomic E-state index is -1.31. The highest BCUT2D eigenvalue weighted by Gasteiger charge is 2.43. The molecule has 10 nitrogen and oxygen atoms in total. The van der Waals surface area contributed by atoms with Gasteiger partial charge in [-0.15, -0.1) is 11.3 Å². The van der Waals surface area contributed by atoms with Gasteiger partial charge in [0.15, 0.2) is 0 Å². The van der Waals surface area contributed by atoms with Crippen molar-refractivity contribution in [1.29, 1.82) is 0 Å². The Hall–Kier alpha value is -4.65. The number of thiazole rings is 1. The largest absolute Gasteiger partial charge is 0.465 e. The summed E-state index contributed by atoms with van der Waals surface area (Å²) in [5.41, 5.74) is 3.08. The summed E-state index contributed by atoms with van der Waals surface area (Å²) in [4.78, 5) is 47.6. The number of aromatic nitrogens is 1. The molecule has 2 aliphatic heterocycles. The Kier molecular flexibility index (Phi) is 11.2. The zero-order valence-corrected chi connectivity index (χ0v) is 28.6. The summed E-state index contributed by atoms with van der Waals surface area (Å²) in [6.45, 7) is 1.90. The molecule has 1 aromatic heterocycles. The fraction of sp³-hybridized carbons (Fsp3) is 0.368. The maximum Gasteiger partial charge on any atom is 0.407 e. The maximum absolute atomic E-state index is 14.2. The molecule has 0 bridgehead atoms. The number of carbonyl (C=O) groups excluding carboxylic acids is 2. The van der Waals surface area contributed by atoms with Crippen molar-refractivity contribution in [1.82, 2.24) is 20.1 Å². The van der Waals surface area contributed by atoms with Crippen molar-refractivity contribution >= 4 is 29.2 Å². The Morgan fingerprint density at radius 3 is 2.36 bits per heavy atom. The van der Waals surface area contributed by atoms with Crippen molar-refractivity contribution in [2.75, 3.05) is 13.1 Å². The predicted molar refractivity (Wildman–Crippen MR) is 187 cm³/mol. The van der Waals surface area contributed by atoms with Gasteiger partial charge in [-0.1, -0.05) is 60.7 Å². The van der Waals surface area contributed by atoms with E-state index in [4.69, 9.17) is 4.74 Å². The minimum absolute atomic E-state index is 0.0674. The van der Waals surface area contributed by atoms with Crippen molar-refractivity contribution in [3.63, 3.8) is 0 Å². The van der Waals surface area contributed by atoms with Crippen molar-refractivity contribution in [2.45, 2.75) is 76.2 Å². The highest BCUT2D eigenvalue weighted by atomic mass is 32.1. The molecular weight excluding hydrogens is 660 g/mol. The molecule has 0 saturated carbocycles. The van der Waals surface area contributed by atoms with Crippen molar-refractivity contribution in [2.24, 2.45) is 0 Å². The van der Waals surface area contributed by atoms with Gasteiger partial charge in [-0.05, 0) is 67.5 Å². The van der Waals surface area contributed by atoms with Crippen molar-refractivity contribution in [3.8, 4) is 0 Å². The van der Waals surface area contributed by atoms with Gasteiger partial charge in [-0.3, -0.25) is 14.5 Å². The lowest BCUT2D eigenvalue weighted by Gasteiger charge is -2.32. The number of hydrogen-bond donors (Lipinski definition) is 3. The molecule has 2 aliphatic rings. The number of carboxylic acid groups (broad SMARTS) is 1. The number of carbonyl (C=O) groups is 3. The van der Waals surface area contributed by atoms with Gasteiger partial charge < -0.3 is 25.2 Å². The van der Waals surface area contributed by atoms with E-state index in [-0.39, 0.29) is 48.0 Å². The zero-order chi connectivity index (χ0) is 35.2. The summed E-state index contributed by atoms with van der Waals surface area (Å²) in [6.07, 6.45) is -0.971. The monoisotopic (exact) mass is 700 g/mol. The van der Waals surface area contributed by atoms with Crippen LogP contribution in [0, 0.1) is 6.92 Å². The second-order valence-corrected chi connectivity index (χ2v) is 13.8. The SMILES string of the molecule is Cc1csc(C2CCCN2C(=O)c2cc(CF)cc(C(=O)NC(Cc3ccccc3)C(O)C3CC(OCc4ccccc4)CN3C(=O)O)c2)n1. The molecule has 3 N–H and O–H groups in total. The Morgan fingerprint density at radius 2 is 1.70 bits per heavy atom. The van der Waals surface area contributed by atoms with Gasteiger partial charge in [0, 0.05) is 28.7 Å². The number of aliphatic hydroxyl groups is 1. The summed E-state index contributed by atoms with van der Waals surface area (Å²) in [5, 5.41) is 27.6. The molecule has 6 rings (SSSR count). The number of aliphatic hydroxyl groups excluding tert-OH is 1. The Labute approximate surface area is 294 Å². The fourth-order valence-corrected chi connectivity index (χ4v) is 7.85. The van der Waals surface area contributed by atoms with E-state index in [9.17, 15) is 29.0 Å². The molecule has 3 heterocycles. The summed E-state index contributed by atoms with van der Waals surface area (Å²) in [5.74, 6) is -0.922. The van der Waals surface area contributed by atoms with Gasteiger partial charge in [0.2, 0.25) is 0 Å². The molecule has 0 aliphatic carbocycles. The summed E-state index contributed by atoms with van der Waals surface area (Å²) >= 11 is 1.50. The average molecular weight is 701 g/mol. The van der Waals surface area contributed by atoms with Gasteiger partial charge in [0.1, 0.15) is 11.7 Å². The highest BCUT2D eigenvalue weighted by Crippen LogP contribution is 2.35. The van der Waals surface area contributed by atoms with Gasteiger partial charge in [-0.2, -0.15) is 0 Å². The van der Waals surface area contributed by atoms with Gasteiger partial charge >= 0.3 is 6.09 Å². The number of nitrogens with one attached hydrogen (secondary N) is 1. The van der Waals surface area contributed by atoms with E-state index in [2.05, 4.69) is 10.3 Å². The van der Waals surface area contributed by atoms with E-state index < -0.39 is 43.0 Å². The molecule has 4 aromatic rings. The fourth-order valence-electron chi connectivity index (χ4n) is 6.91. The average Bonchev–Trinajstić information content (AvgIpc) is 3.90. The first-order valence-electron chi connectivity index (χ1n) is 16.8. The van der Waals surface area contributed by atoms with Crippen LogP contribution in [0.1, 0.15) is 73.4 Å². The summed E-state index contributed by atoms with van der Waals surface area (Å²) in [6, 6.07) is 21.1. The van der Waals surface area contributed by atoms with Crippen LogP contribution in [0.4, 0.5) is 9.18 Å². The molecule has 2 saturated heterocycles. The van der Waals surface area contributed by atoms with Crippen LogP contribution in [0.25, 0.3) is 0 Å². The lowest BCUT2D eigenvalue weighted by molar-refractivity contribution is 0.0387. The second kappa shape index (κ2) is 15.9. The smallest absolute Gasteiger partial charge is 0.407 e. The second-order valence-electron chi connectivity index (χ2n) is 13.0. The first-order valence-corrected chi connectivity index (χ1v) is 17.7. The van der Waals surface area contributed by atoms with Crippen LogP contribution in [-0.4, -0.2) is 80.3 Å². The molecule has 2 fully saturated rings. The first-order chi connectivity index (χ1) is 24.2. The molecule has 12 heteroatoms. The van der Waals surface area contributed by atoms with E-state index in [1.165, 1.54) is 34.4 Å². The van der Waals surface area contributed by atoms with Gasteiger partial charge in [-0.25, -0.2) is 14.2 Å².